The molecule has 0 atom stereocenters. The van der Waals surface area contributed by atoms with Crippen molar-refractivity contribution >= 4 is 40.3 Å². The molecule has 0 amide bonds. The maximum atomic E-state index is 7.00. The fourth-order valence-electron chi connectivity index (χ4n) is 2.68. The Bertz CT molecular complexity index is 957. The number of aliphatic imine (C=N–C) groups is 1. The van der Waals surface area contributed by atoms with Crippen molar-refractivity contribution in [2.45, 2.75) is 20.8 Å². The number of aliphatic hydroxyl groups is 1. The zero-order valence-corrected chi connectivity index (χ0v) is 18.5. The number of aromatic nitrogens is 2. The lowest BCUT2D eigenvalue weighted by molar-refractivity contribution is 0.399. The molecule has 0 bridgehead atoms. The summed E-state index contributed by atoms with van der Waals surface area (Å²) >= 11 is 6.30. The monoisotopic (exact) mass is 418 g/mol. The number of halogens is 1. The highest BCUT2D eigenvalue weighted by Crippen LogP contribution is 2.32. The molecule has 3 aromatic rings. The third kappa shape index (κ3) is 5.79. The van der Waals surface area contributed by atoms with Crippen LogP contribution in [0.5, 0.6) is 0 Å². The van der Waals surface area contributed by atoms with Crippen LogP contribution in [-0.4, -0.2) is 34.7 Å². The number of alkyl halides is 1. The lowest BCUT2D eigenvalue weighted by Gasteiger charge is -2.03. The summed E-state index contributed by atoms with van der Waals surface area (Å²) in [6.07, 6.45) is 9.25. The molecule has 28 heavy (non-hydrogen) atoms. The Kier molecular flexibility index (Phi) is 10.2. The topological polar surface area (TPSA) is 61.9 Å². The summed E-state index contributed by atoms with van der Waals surface area (Å²) in [4.78, 5) is 8.50. The normalized spacial score (nSPS) is 10.9. The number of hydrogen-bond acceptors (Lipinski definition) is 5. The van der Waals surface area contributed by atoms with Crippen LogP contribution in [0, 0.1) is 13.8 Å². The molecule has 3 aromatic heterocycles. The number of aliphatic hydroxyl groups excluding tert-OH is 1. The van der Waals surface area contributed by atoms with Gasteiger partial charge in [0.1, 0.15) is 5.65 Å². The maximum Gasteiger partial charge on any atom is 0.137 e. The molecule has 0 aliphatic carbocycles. The van der Waals surface area contributed by atoms with Crippen LogP contribution in [0.1, 0.15) is 18.2 Å². The average molecular weight is 419 g/mol. The SMILES string of the molecule is C=N/C=C(\C=C/C)Nc1cc(-c2c(C)nc3ccc(C)cn23)cs1.CCl.CO. The van der Waals surface area contributed by atoms with Crippen molar-refractivity contribution in [3.63, 3.8) is 0 Å². The van der Waals surface area contributed by atoms with Gasteiger partial charge in [-0.15, -0.1) is 22.9 Å². The molecule has 0 aliphatic rings. The molecule has 0 radical (unpaired) electrons. The number of imidazole rings is 1. The van der Waals surface area contributed by atoms with E-state index in [0.717, 1.165) is 40.4 Å². The van der Waals surface area contributed by atoms with E-state index in [1.165, 1.54) is 11.9 Å². The van der Waals surface area contributed by atoms with Crippen LogP contribution >= 0.6 is 22.9 Å². The first-order chi connectivity index (χ1) is 13.6. The Labute approximate surface area is 175 Å². The zero-order valence-electron chi connectivity index (χ0n) is 16.9. The molecular weight excluding hydrogens is 392 g/mol. The van der Waals surface area contributed by atoms with E-state index in [2.05, 4.69) is 81.6 Å². The van der Waals surface area contributed by atoms with Gasteiger partial charge in [0.25, 0.3) is 0 Å². The Morgan fingerprint density at radius 1 is 1.32 bits per heavy atom. The van der Waals surface area contributed by atoms with Crippen LogP contribution in [0.15, 0.2) is 58.8 Å². The van der Waals surface area contributed by atoms with E-state index in [-0.39, 0.29) is 0 Å². The second kappa shape index (κ2) is 12.1. The van der Waals surface area contributed by atoms with E-state index in [0.29, 0.717) is 0 Å². The highest BCUT2D eigenvalue weighted by atomic mass is 35.5. The first-order valence-electron chi connectivity index (χ1n) is 8.55. The van der Waals surface area contributed by atoms with Gasteiger partial charge < -0.3 is 10.4 Å². The van der Waals surface area contributed by atoms with Gasteiger partial charge in [0, 0.05) is 36.8 Å². The van der Waals surface area contributed by atoms with Crippen molar-refractivity contribution in [2.75, 3.05) is 18.8 Å². The molecule has 0 unspecified atom stereocenters. The Morgan fingerprint density at radius 3 is 2.68 bits per heavy atom. The average Bonchev–Trinajstić information content (AvgIpc) is 3.28. The summed E-state index contributed by atoms with van der Waals surface area (Å²) < 4.78 is 2.16. The molecule has 0 spiro atoms. The number of hydrogen-bond donors (Lipinski definition) is 2. The number of allylic oxidation sites excluding steroid dienone is 2. The summed E-state index contributed by atoms with van der Waals surface area (Å²) in [5.74, 6) is 0. The summed E-state index contributed by atoms with van der Waals surface area (Å²) in [6, 6.07) is 6.28. The summed E-state index contributed by atoms with van der Waals surface area (Å²) in [5, 5.41) is 13.6. The van der Waals surface area contributed by atoms with E-state index >= 15 is 0 Å². The van der Waals surface area contributed by atoms with Gasteiger partial charge in [0.05, 0.1) is 22.1 Å². The van der Waals surface area contributed by atoms with E-state index in [1.54, 1.807) is 17.5 Å². The van der Waals surface area contributed by atoms with Crippen molar-refractivity contribution in [1.82, 2.24) is 9.38 Å². The molecule has 0 aromatic carbocycles. The van der Waals surface area contributed by atoms with Crippen molar-refractivity contribution in [2.24, 2.45) is 4.99 Å². The highest BCUT2D eigenvalue weighted by molar-refractivity contribution is 7.14. The van der Waals surface area contributed by atoms with Crippen molar-refractivity contribution < 1.29 is 5.11 Å². The van der Waals surface area contributed by atoms with Crippen LogP contribution in [0.3, 0.4) is 0 Å². The maximum absolute atomic E-state index is 7.00. The quantitative estimate of drug-likeness (QED) is 0.318. The second-order valence-corrected chi connectivity index (χ2v) is 6.48. The standard InChI is InChI=1S/C19H20N4S.CH3Cl.CH4O/c1-5-6-16(10-20-4)22-18-9-15(12-24-18)19-14(3)21-17-8-7-13(2)11-23(17)19;2*1-2/h5-12,22H,4H2,1-3H3;1H3;2H,1H3/b6-5-,16-10+;;. The minimum atomic E-state index is 0.909. The Balaban J connectivity index is 0.000000921. The molecule has 0 aliphatic heterocycles. The molecule has 3 rings (SSSR count). The van der Waals surface area contributed by atoms with E-state index in [4.69, 9.17) is 5.11 Å². The molecule has 0 saturated heterocycles. The number of aryl methyl sites for hydroxylation is 2. The van der Waals surface area contributed by atoms with Gasteiger partial charge in [-0.25, -0.2) is 4.98 Å². The van der Waals surface area contributed by atoms with Gasteiger partial charge in [-0.1, -0.05) is 12.1 Å². The van der Waals surface area contributed by atoms with Gasteiger partial charge in [-0.3, -0.25) is 9.39 Å². The van der Waals surface area contributed by atoms with Gasteiger partial charge >= 0.3 is 0 Å². The minimum absolute atomic E-state index is 0.909. The van der Waals surface area contributed by atoms with E-state index in [1.807, 2.05) is 19.1 Å². The van der Waals surface area contributed by atoms with Crippen molar-refractivity contribution in [3.8, 4) is 11.3 Å². The highest BCUT2D eigenvalue weighted by Gasteiger charge is 2.13. The van der Waals surface area contributed by atoms with Crippen LogP contribution in [0.25, 0.3) is 16.9 Å². The molecule has 0 fully saturated rings. The van der Waals surface area contributed by atoms with Crippen LogP contribution in [0.4, 0.5) is 5.00 Å². The van der Waals surface area contributed by atoms with Crippen LogP contribution in [-0.2, 0) is 0 Å². The molecule has 0 saturated carbocycles. The van der Waals surface area contributed by atoms with Gasteiger partial charge in [0.2, 0.25) is 0 Å². The second-order valence-electron chi connectivity index (χ2n) is 5.57. The van der Waals surface area contributed by atoms with Crippen molar-refractivity contribution in [3.05, 3.63) is 65.1 Å². The third-order valence-corrected chi connectivity index (χ3v) is 4.50. The predicted octanol–water partition coefficient (Wildman–Crippen LogP) is 5.67. The number of nitrogens with one attached hydrogen (secondary N) is 1. The third-order valence-electron chi connectivity index (χ3n) is 3.66. The predicted molar refractivity (Wildman–Crippen MR) is 124 cm³/mol. The molecule has 150 valence electrons. The molecule has 3 heterocycles. The van der Waals surface area contributed by atoms with Crippen LogP contribution in [0.2, 0.25) is 0 Å². The number of rotatable bonds is 5. The summed E-state index contributed by atoms with van der Waals surface area (Å²) in [7, 11) is 1.00. The van der Waals surface area contributed by atoms with E-state index < -0.39 is 0 Å². The Morgan fingerprint density at radius 2 is 2.04 bits per heavy atom. The number of fused-ring (bicyclic) bond motifs is 1. The number of pyridine rings is 1. The van der Waals surface area contributed by atoms with Gasteiger partial charge in [-0.05, 0) is 51.3 Å². The first kappa shape index (κ1) is 23.6. The number of nitrogens with zero attached hydrogens (tertiary/aromatic N) is 3. The fraction of sp³-hybridized carbons (Fsp3) is 0.238. The summed E-state index contributed by atoms with van der Waals surface area (Å²) in [6.45, 7) is 9.63. The largest absolute Gasteiger partial charge is 0.400 e. The Hall–Kier alpha value is -2.41. The zero-order chi connectivity index (χ0) is 21.1. The lowest BCUT2D eigenvalue weighted by Crippen LogP contribution is -1.94. The molecule has 5 nitrogen and oxygen atoms in total. The lowest BCUT2D eigenvalue weighted by atomic mass is 10.2. The van der Waals surface area contributed by atoms with Crippen molar-refractivity contribution in [1.29, 1.82) is 0 Å². The number of thiophene rings is 1. The summed E-state index contributed by atoms with van der Waals surface area (Å²) in [5.41, 5.74) is 6.42. The molecule has 2 N–H and O–H groups in total. The van der Waals surface area contributed by atoms with Gasteiger partial charge in [-0.2, -0.15) is 0 Å². The fourth-order valence-corrected chi connectivity index (χ4v) is 3.48. The smallest absolute Gasteiger partial charge is 0.137 e. The first-order valence-corrected chi connectivity index (χ1v) is 10.2. The van der Waals surface area contributed by atoms with Gasteiger partial charge in [0.15, 0.2) is 0 Å². The molecular formula is C21H27ClN4OS. The van der Waals surface area contributed by atoms with E-state index in [9.17, 15) is 0 Å². The van der Waals surface area contributed by atoms with Crippen LogP contribution < -0.4 is 5.32 Å². The molecule has 7 heteroatoms. The number of anilines is 1. The minimum Gasteiger partial charge on any atom is -0.400 e.